The molecule has 48 heavy (non-hydrogen) atoms. The number of ether oxygens (including phenoxy) is 2. The molecule has 1 unspecified atom stereocenters. The van der Waals surface area contributed by atoms with Crippen LogP contribution in [0.25, 0.3) is 10.8 Å². The Hall–Kier alpha value is -4.01. The van der Waals surface area contributed by atoms with Crippen molar-refractivity contribution >= 4 is 22.3 Å². The van der Waals surface area contributed by atoms with Gasteiger partial charge >= 0.3 is 0 Å². The van der Waals surface area contributed by atoms with Crippen molar-refractivity contribution in [2.24, 2.45) is 16.8 Å². The fourth-order valence-electron chi connectivity index (χ4n) is 7.22. The molecule has 2 aromatic carbocycles. The number of likely N-dealkylation sites (N-methyl/N-ethyl adjacent to an activating group) is 1. The fraction of sp³-hybridized carbons (Fsp3) is 0.476. The van der Waals surface area contributed by atoms with Gasteiger partial charge < -0.3 is 14.4 Å². The van der Waals surface area contributed by atoms with E-state index < -0.39 is 0 Å². The first kappa shape index (κ1) is 35.3. The van der Waals surface area contributed by atoms with E-state index >= 15 is 0 Å². The molecule has 252 valence electrons. The van der Waals surface area contributed by atoms with E-state index in [9.17, 15) is 10.1 Å². The normalized spacial score (nSPS) is 24.1. The summed E-state index contributed by atoms with van der Waals surface area (Å²) in [6, 6.07) is 17.7. The molecule has 3 heterocycles. The zero-order valence-corrected chi connectivity index (χ0v) is 29.2. The third-order valence-electron chi connectivity index (χ3n) is 10.2. The molecular weight excluding hydrogens is 594 g/mol. The molecule has 1 fully saturated rings. The largest absolute Gasteiger partial charge is 0.470 e. The molecule has 6 nitrogen and oxygen atoms in total. The standard InChI is InChI=1S/C42H51N3O3/c1-6-38(46)30(3)13-9-16-33(23-22-29(2)24-25-43)42-41-31(4)48-39(37-20-10-15-32-14-7-8-19-36(32)37)27-34(41)17-11-21-40(44-42)47-28-35-18-12-26-45(35)5/h6-8,10-11,14-16,19-20,29-31,35,39H,1,9,12-13,17-18,22-24,26-28H2,2-5H3/b33-16-,44-42-/t21?,29-,30?,31+,35+,39+/m1/s1. The van der Waals surface area contributed by atoms with Crippen molar-refractivity contribution in [3.05, 3.63) is 101 Å². The van der Waals surface area contributed by atoms with E-state index in [0.29, 0.717) is 25.0 Å². The zero-order valence-electron chi connectivity index (χ0n) is 29.2. The molecule has 0 saturated carbocycles. The number of nitriles is 1. The average Bonchev–Trinajstić information content (AvgIpc) is 3.50. The van der Waals surface area contributed by atoms with Gasteiger partial charge in [0.25, 0.3) is 5.88 Å². The van der Waals surface area contributed by atoms with Crippen molar-refractivity contribution in [1.29, 1.82) is 5.26 Å². The van der Waals surface area contributed by atoms with E-state index in [1.165, 1.54) is 34.4 Å². The van der Waals surface area contributed by atoms with Crippen LogP contribution in [0.2, 0.25) is 0 Å². The Morgan fingerprint density at radius 1 is 1.23 bits per heavy atom. The second-order valence-corrected chi connectivity index (χ2v) is 13.8. The lowest BCUT2D eigenvalue weighted by Crippen LogP contribution is -2.30. The van der Waals surface area contributed by atoms with Crippen LogP contribution in [0.4, 0.5) is 0 Å². The highest BCUT2D eigenvalue weighted by Gasteiger charge is 2.33. The van der Waals surface area contributed by atoms with Gasteiger partial charge in [0, 0.05) is 24.0 Å². The molecular formula is C42H51N3O3. The quantitative estimate of drug-likeness (QED) is 0.151. The molecule has 0 amide bonds. The predicted molar refractivity (Wildman–Crippen MR) is 194 cm³/mol. The van der Waals surface area contributed by atoms with E-state index in [4.69, 9.17) is 14.5 Å². The first-order valence-corrected chi connectivity index (χ1v) is 17.7. The summed E-state index contributed by atoms with van der Waals surface area (Å²) in [5.41, 5.74) is 9.07. The second-order valence-electron chi connectivity index (χ2n) is 13.8. The van der Waals surface area contributed by atoms with Crippen LogP contribution in [0.5, 0.6) is 0 Å². The Bertz CT molecular complexity index is 1680. The summed E-state index contributed by atoms with van der Waals surface area (Å²) in [5.74, 6) is 0.721. The summed E-state index contributed by atoms with van der Waals surface area (Å²) < 4.78 is 13.3. The van der Waals surface area contributed by atoms with Gasteiger partial charge in [-0.2, -0.15) is 5.26 Å². The van der Waals surface area contributed by atoms with E-state index in [0.717, 1.165) is 68.3 Å². The highest BCUT2D eigenvalue weighted by atomic mass is 16.5. The monoisotopic (exact) mass is 645 g/mol. The topological polar surface area (TPSA) is 74.9 Å². The number of aliphatic imine (C=N–C) groups is 1. The lowest BCUT2D eigenvalue weighted by molar-refractivity contribution is -0.117. The van der Waals surface area contributed by atoms with Gasteiger partial charge in [-0.05, 0) is 112 Å². The molecule has 0 radical (unpaired) electrons. The van der Waals surface area contributed by atoms with Crippen molar-refractivity contribution in [1.82, 2.24) is 4.90 Å². The molecule has 6 heteroatoms. The summed E-state index contributed by atoms with van der Waals surface area (Å²) >= 11 is 0. The maximum absolute atomic E-state index is 12.3. The molecule has 3 aliphatic heterocycles. The molecule has 0 aromatic heterocycles. The average molecular weight is 646 g/mol. The molecule has 0 spiro atoms. The summed E-state index contributed by atoms with van der Waals surface area (Å²) in [4.78, 5) is 19.9. The lowest BCUT2D eigenvalue weighted by atomic mass is 9.82. The van der Waals surface area contributed by atoms with E-state index in [2.05, 4.69) is 98.8 Å². The smallest absolute Gasteiger partial charge is 0.260 e. The van der Waals surface area contributed by atoms with Gasteiger partial charge in [0.15, 0.2) is 5.78 Å². The number of allylic oxidation sites excluding steroid dienone is 4. The number of likely N-dealkylation sites (tertiary alicyclic amines) is 1. The number of benzene rings is 2. The Balaban J connectivity index is 1.54. The molecule has 2 aromatic rings. The third kappa shape index (κ3) is 8.71. The highest BCUT2D eigenvalue weighted by molar-refractivity contribution is 6.14. The van der Waals surface area contributed by atoms with Crippen LogP contribution < -0.4 is 0 Å². The molecule has 1 saturated heterocycles. The highest BCUT2D eigenvalue weighted by Crippen LogP contribution is 2.41. The minimum absolute atomic E-state index is 0.0651. The van der Waals surface area contributed by atoms with Gasteiger partial charge in [-0.1, -0.05) is 80.3 Å². The Labute approximate surface area is 287 Å². The fourth-order valence-corrected chi connectivity index (χ4v) is 7.22. The Morgan fingerprint density at radius 3 is 2.81 bits per heavy atom. The van der Waals surface area contributed by atoms with Crippen LogP contribution in [0, 0.1) is 23.2 Å². The summed E-state index contributed by atoms with van der Waals surface area (Å²) in [6.07, 6.45) is 12.9. The first-order valence-electron chi connectivity index (χ1n) is 17.7. The molecule has 3 aliphatic rings. The van der Waals surface area contributed by atoms with Gasteiger partial charge in [0.05, 0.1) is 24.0 Å². The number of nitrogens with zero attached hydrogens (tertiary/aromatic N) is 3. The van der Waals surface area contributed by atoms with Crippen LogP contribution in [0.1, 0.15) is 90.2 Å². The molecule has 0 bridgehead atoms. The Kier molecular flexibility index (Phi) is 12.4. The van der Waals surface area contributed by atoms with Crippen molar-refractivity contribution in [2.75, 3.05) is 20.2 Å². The number of carbonyl (C=O) groups is 1. The van der Waals surface area contributed by atoms with E-state index in [1.807, 2.05) is 6.92 Å². The van der Waals surface area contributed by atoms with Crippen molar-refractivity contribution < 1.29 is 14.3 Å². The van der Waals surface area contributed by atoms with Crippen LogP contribution in [-0.4, -0.2) is 48.7 Å². The maximum Gasteiger partial charge on any atom is 0.260 e. The third-order valence-corrected chi connectivity index (χ3v) is 10.2. The van der Waals surface area contributed by atoms with Crippen molar-refractivity contribution in [3.8, 4) is 6.07 Å². The molecule has 5 rings (SSSR count). The van der Waals surface area contributed by atoms with E-state index in [1.54, 1.807) is 0 Å². The predicted octanol–water partition coefficient (Wildman–Crippen LogP) is 9.37. The van der Waals surface area contributed by atoms with Gasteiger partial charge in [0.1, 0.15) is 6.61 Å². The zero-order chi connectivity index (χ0) is 34.0. The van der Waals surface area contributed by atoms with Gasteiger partial charge in [-0.15, -0.1) is 0 Å². The maximum atomic E-state index is 12.3. The van der Waals surface area contributed by atoms with Crippen LogP contribution in [0.15, 0.2) is 101 Å². The second kappa shape index (κ2) is 16.9. The number of carbonyl (C=O) groups excluding carboxylic acids is 1. The summed E-state index contributed by atoms with van der Waals surface area (Å²) in [5, 5.41) is 11.8. The van der Waals surface area contributed by atoms with Crippen LogP contribution in [-0.2, 0) is 14.3 Å². The minimum Gasteiger partial charge on any atom is -0.470 e. The lowest BCUT2D eigenvalue weighted by Gasteiger charge is -2.35. The summed E-state index contributed by atoms with van der Waals surface area (Å²) in [6.45, 7) is 11.6. The molecule has 5 atom stereocenters. The number of hydrogen-bond donors (Lipinski definition) is 0. The first-order chi connectivity index (χ1) is 23.3. The van der Waals surface area contributed by atoms with Gasteiger partial charge in [0.2, 0.25) is 0 Å². The van der Waals surface area contributed by atoms with E-state index in [-0.39, 0.29) is 29.8 Å². The van der Waals surface area contributed by atoms with Crippen LogP contribution >= 0.6 is 0 Å². The van der Waals surface area contributed by atoms with Crippen LogP contribution in [0.3, 0.4) is 0 Å². The number of fused-ring (bicyclic) bond motifs is 1. The number of rotatable bonds is 14. The number of hydrogen-bond acceptors (Lipinski definition) is 6. The molecule has 0 aliphatic carbocycles. The molecule has 0 N–H and O–H groups in total. The summed E-state index contributed by atoms with van der Waals surface area (Å²) in [7, 11) is 2.16. The van der Waals surface area contributed by atoms with Gasteiger partial charge in [-0.3, -0.25) is 4.79 Å². The van der Waals surface area contributed by atoms with Gasteiger partial charge in [-0.25, -0.2) is 4.99 Å². The Morgan fingerprint density at radius 2 is 2.04 bits per heavy atom. The SMILES string of the molecule is C=CC(=O)C(C)CC/C=C(CC[C@@H](C)CC#N)\C1=N\C(OC[C@@H]2CCCN2C)=C=CCC2=C1[C@H](C)O[C@H](c1cccc3ccccc13)C2. The van der Waals surface area contributed by atoms with Crippen molar-refractivity contribution in [3.63, 3.8) is 0 Å². The minimum atomic E-state index is -0.202. The number of ketones is 1. The van der Waals surface area contributed by atoms with Crippen molar-refractivity contribution in [2.45, 2.75) is 96.8 Å².